The second-order valence-corrected chi connectivity index (χ2v) is 7.27. The van der Waals surface area contributed by atoms with E-state index in [-0.39, 0.29) is 11.3 Å². The van der Waals surface area contributed by atoms with E-state index in [1.165, 1.54) is 6.92 Å². The second kappa shape index (κ2) is 9.82. The molecule has 0 fully saturated rings. The molecule has 2 N–H and O–H groups in total. The molecule has 0 unspecified atom stereocenters. The van der Waals surface area contributed by atoms with Crippen molar-refractivity contribution in [3.8, 4) is 0 Å². The summed E-state index contributed by atoms with van der Waals surface area (Å²) in [5.41, 5.74) is 1.56. The molecule has 0 atom stereocenters. The maximum atomic E-state index is 12.8. The quantitative estimate of drug-likeness (QED) is 0.564. The predicted molar refractivity (Wildman–Crippen MR) is 120 cm³/mol. The highest BCUT2D eigenvalue weighted by molar-refractivity contribution is 6.33. The zero-order valence-electron chi connectivity index (χ0n) is 17.3. The maximum Gasteiger partial charge on any atom is 0.433 e. The lowest BCUT2D eigenvalue weighted by Crippen LogP contribution is -2.16. The molecule has 3 rings (SSSR count). The van der Waals surface area contributed by atoms with Gasteiger partial charge in [-0.25, -0.2) is 4.98 Å². The smallest absolute Gasteiger partial charge is 0.386 e. The average Bonchev–Trinajstić information content (AvgIpc) is 2.98. The molecule has 1 aliphatic rings. The van der Waals surface area contributed by atoms with E-state index in [0.29, 0.717) is 16.3 Å². The van der Waals surface area contributed by atoms with E-state index < -0.39 is 17.8 Å². The van der Waals surface area contributed by atoms with Crippen molar-refractivity contribution < 1.29 is 18.0 Å². The molecule has 0 saturated carbocycles. The van der Waals surface area contributed by atoms with Crippen molar-refractivity contribution >= 4 is 29.4 Å². The van der Waals surface area contributed by atoms with Crippen LogP contribution in [0, 0.1) is 6.92 Å². The van der Waals surface area contributed by atoms with Crippen LogP contribution in [-0.4, -0.2) is 24.2 Å². The summed E-state index contributed by atoms with van der Waals surface area (Å²) >= 11 is 6.27. The number of likely N-dealkylation sites (N-methyl/N-ethyl adjacent to an activating group) is 1. The monoisotopic (exact) mass is 460 g/mol. The third kappa shape index (κ3) is 5.64. The number of rotatable bonds is 5. The van der Waals surface area contributed by atoms with Crippen LogP contribution in [0.1, 0.15) is 33.7 Å². The summed E-state index contributed by atoms with van der Waals surface area (Å²) < 4.78 is 38.4. The number of nitrogens with zero attached hydrogens (tertiary/aromatic N) is 2. The van der Waals surface area contributed by atoms with Gasteiger partial charge in [0.15, 0.2) is 0 Å². The van der Waals surface area contributed by atoms with E-state index in [1.807, 2.05) is 24.3 Å². The Bertz CT molecular complexity index is 1150. The van der Waals surface area contributed by atoms with Gasteiger partial charge in [-0.05, 0) is 49.8 Å². The number of nitrogens with one attached hydrogen (secondary N) is 2. The molecule has 1 aromatic heterocycles. The van der Waals surface area contributed by atoms with Gasteiger partial charge in [-0.3, -0.25) is 9.79 Å². The number of halogens is 4. The summed E-state index contributed by atoms with van der Waals surface area (Å²) in [7, 11) is 1.80. The molecule has 9 heteroatoms. The first-order valence-electron chi connectivity index (χ1n) is 9.64. The molecular weight excluding hydrogens is 441 g/mol. The van der Waals surface area contributed by atoms with E-state index in [2.05, 4.69) is 20.6 Å². The molecule has 0 aliphatic heterocycles. The van der Waals surface area contributed by atoms with Gasteiger partial charge in [0.1, 0.15) is 5.69 Å². The number of aryl methyl sites for hydroxylation is 1. The fourth-order valence-corrected chi connectivity index (χ4v) is 3.13. The third-order valence-corrected chi connectivity index (χ3v) is 4.95. The number of pyridine rings is 1. The van der Waals surface area contributed by atoms with E-state index in [9.17, 15) is 18.0 Å². The van der Waals surface area contributed by atoms with Gasteiger partial charge in [0, 0.05) is 29.5 Å². The Kier molecular flexibility index (Phi) is 7.15. The first-order chi connectivity index (χ1) is 15.2. The van der Waals surface area contributed by atoms with Crippen LogP contribution in [0.3, 0.4) is 0 Å². The number of alkyl halides is 3. The number of carbonyl (C=O) groups excluding carboxylic acids is 1. The summed E-state index contributed by atoms with van der Waals surface area (Å²) in [6.07, 6.45) is 5.56. The van der Waals surface area contributed by atoms with E-state index in [1.54, 1.807) is 31.5 Å². The van der Waals surface area contributed by atoms with E-state index in [0.717, 1.165) is 29.9 Å². The Morgan fingerprint density at radius 2 is 2.03 bits per heavy atom. The lowest BCUT2D eigenvalue weighted by atomic mass is 10.1. The van der Waals surface area contributed by atoms with Crippen molar-refractivity contribution in [2.75, 3.05) is 12.4 Å². The van der Waals surface area contributed by atoms with Crippen LogP contribution in [0.15, 0.2) is 71.0 Å². The minimum atomic E-state index is -4.57. The molecule has 32 heavy (non-hydrogen) atoms. The minimum Gasteiger partial charge on any atom is -0.386 e. The molecule has 0 radical (unpaired) electrons. The average molecular weight is 461 g/mol. The lowest BCUT2D eigenvalue weighted by Gasteiger charge is -2.11. The highest BCUT2D eigenvalue weighted by atomic mass is 35.5. The summed E-state index contributed by atoms with van der Waals surface area (Å²) in [4.78, 5) is 20.6. The summed E-state index contributed by atoms with van der Waals surface area (Å²) in [6.45, 7) is 1.35. The predicted octanol–water partition coefficient (Wildman–Crippen LogP) is 5.68. The Hall–Kier alpha value is -3.39. The van der Waals surface area contributed by atoms with Crippen molar-refractivity contribution in [2.24, 2.45) is 4.99 Å². The van der Waals surface area contributed by atoms with Crippen molar-refractivity contribution in [3.05, 3.63) is 93.6 Å². The number of benzene rings is 1. The molecule has 0 spiro atoms. The van der Waals surface area contributed by atoms with Gasteiger partial charge >= 0.3 is 6.18 Å². The van der Waals surface area contributed by atoms with Crippen molar-refractivity contribution in [3.63, 3.8) is 0 Å². The number of allylic oxidation sites excluding steroid dienone is 4. The number of anilines is 1. The lowest BCUT2D eigenvalue weighted by molar-refractivity contribution is -0.141. The Morgan fingerprint density at radius 1 is 1.25 bits per heavy atom. The molecule has 1 heterocycles. The molecule has 1 aromatic carbocycles. The topological polar surface area (TPSA) is 66.4 Å². The number of aromatic nitrogens is 1. The Labute approximate surface area is 188 Å². The van der Waals surface area contributed by atoms with Crippen LogP contribution in [0.5, 0.6) is 0 Å². The van der Waals surface area contributed by atoms with Gasteiger partial charge < -0.3 is 10.6 Å². The fraction of sp³-hybridized carbons (Fsp3) is 0.174. The molecule has 5 nitrogen and oxygen atoms in total. The molecule has 1 amide bonds. The zero-order valence-corrected chi connectivity index (χ0v) is 18.1. The van der Waals surface area contributed by atoms with Gasteiger partial charge in [-0.15, -0.1) is 0 Å². The van der Waals surface area contributed by atoms with Crippen LogP contribution < -0.4 is 10.6 Å². The Morgan fingerprint density at radius 3 is 2.72 bits per heavy atom. The van der Waals surface area contributed by atoms with Crippen molar-refractivity contribution in [1.82, 2.24) is 10.3 Å². The number of hydrogen-bond donors (Lipinski definition) is 2. The molecular formula is C23H20ClF3N4O. The zero-order chi connectivity index (χ0) is 23.3. The van der Waals surface area contributed by atoms with Crippen LogP contribution in [0.2, 0.25) is 5.02 Å². The number of amides is 1. The van der Waals surface area contributed by atoms with Gasteiger partial charge in [-0.2, -0.15) is 13.2 Å². The number of aliphatic imine (C=N–C) groups is 1. The minimum absolute atomic E-state index is 0.0200. The van der Waals surface area contributed by atoms with Crippen LogP contribution in [-0.2, 0) is 6.18 Å². The first kappa shape index (κ1) is 23.3. The highest BCUT2D eigenvalue weighted by Crippen LogP contribution is 2.28. The summed E-state index contributed by atoms with van der Waals surface area (Å²) in [5.74, 6) is -0.577. The largest absolute Gasteiger partial charge is 0.433 e. The van der Waals surface area contributed by atoms with E-state index in [4.69, 9.17) is 11.6 Å². The Balaban J connectivity index is 1.80. The molecule has 166 valence electrons. The number of carbonyl (C=O) groups is 1. The molecule has 0 saturated heterocycles. The van der Waals surface area contributed by atoms with E-state index >= 15 is 0 Å². The van der Waals surface area contributed by atoms with Crippen LogP contribution in [0.25, 0.3) is 0 Å². The fourth-order valence-electron chi connectivity index (χ4n) is 2.97. The standard InChI is InChI=1S/C23H20ClF3N4O/c1-14-17(9-11-21(30-14)23(25,26)27)22(32)31-16-8-10-18(24)15(12-16)13-29-20-7-5-3-4-6-19(20)28-2/h3-4,6-13,28H,5H2,1-2H3,(H,31,32). The first-order valence-corrected chi connectivity index (χ1v) is 10.0. The normalized spacial score (nSPS) is 14.1. The highest BCUT2D eigenvalue weighted by Gasteiger charge is 2.33. The van der Waals surface area contributed by atoms with Gasteiger partial charge in [-0.1, -0.05) is 29.8 Å². The van der Waals surface area contributed by atoms with Crippen molar-refractivity contribution in [1.29, 1.82) is 0 Å². The van der Waals surface area contributed by atoms with Crippen LogP contribution >= 0.6 is 11.6 Å². The summed E-state index contributed by atoms with van der Waals surface area (Å²) in [5, 5.41) is 6.18. The summed E-state index contributed by atoms with van der Waals surface area (Å²) in [6, 6.07) is 6.72. The van der Waals surface area contributed by atoms with Gasteiger partial charge in [0.2, 0.25) is 0 Å². The second-order valence-electron chi connectivity index (χ2n) is 6.86. The number of hydrogen-bond acceptors (Lipinski definition) is 4. The van der Waals surface area contributed by atoms with Crippen molar-refractivity contribution in [2.45, 2.75) is 19.5 Å². The van der Waals surface area contributed by atoms with Crippen LogP contribution in [0.4, 0.5) is 18.9 Å². The third-order valence-electron chi connectivity index (χ3n) is 4.61. The molecule has 1 aliphatic carbocycles. The maximum absolute atomic E-state index is 12.8. The molecule has 0 bridgehead atoms. The molecule has 2 aromatic rings. The van der Waals surface area contributed by atoms with Gasteiger partial charge in [0.05, 0.1) is 22.7 Å². The van der Waals surface area contributed by atoms with Gasteiger partial charge in [0.25, 0.3) is 5.91 Å². The SMILES string of the molecule is CNC1=CC=CCC=C1N=Cc1cc(NC(=O)c2ccc(C(F)(F)F)nc2C)ccc1Cl.